The molecule has 2 aromatic heterocycles. The minimum absolute atomic E-state index is 0.286. The largest absolute Gasteiger partial charge is 0.370 e. The van der Waals surface area contributed by atoms with Crippen LogP contribution in [0.15, 0.2) is 12.3 Å². The topological polar surface area (TPSA) is 89.9 Å². The van der Waals surface area contributed by atoms with E-state index in [1.54, 1.807) is 0 Å². The molecule has 1 aliphatic heterocycles. The molecule has 1 aliphatic rings. The molecule has 0 aliphatic carbocycles. The SMILES string of the molecule is Cc1nc(CCC(N)=O)cc(C2CCCN2Cc2cn(C)nc2C)n1. The van der Waals surface area contributed by atoms with Crippen molar-refractivity contribution in [2.45, 2.75) is 52.1 Å². The minimum atomic E-state index is -0.299. The number of hydrogen-bond acceptors (Lipinski definition) is 5. The Hall–Kier alpha value is -2.28. The van der Waals surface area contributed by atoms with Crippen LogP contribution in [0, 0.1) is 13.8 Å². The quantitative estimate of drug-likeness (QED) is 0.861. The van der Waals surface area contributed by atoms with Crippen LogP contribution in [0.25, 0.3) is 0 Å². The highest BCUT2D eigenvalue weighted by Crippen LogP contribution is 2.32. The first-order valence-corrected chi connectivity index (χ1v) is 8.78. The summed E-state index contributed by atoms with van der Waals surface area (Å²) in [5.41, 5.74) is 9.54. The van der Waals surface area contributed by atoms with E-state index >= 15 is 0 Å². The summed E-state index contributed by atoms with van der Waals surface area (Å²) in [6.45, 7) is 5.89. The van der Waals surface area contributed by atoms with Crippen LogP contribution in [-0.2, 0) is 24.8 Å². The number of likely N-dealkylation sites (tertiary alicyclic amines) is 1. The maximum atomic E-state index is 11.1. The summed E-state index contributed by atoms with van der Waals surface area (Å²) >= 11 is 0. The molecule has 3 heterocycles. The van der Waals surface area contributed by atoms with Crippen LogP contribution in [0.5, 0.6) is 0 Å². The van der Waals surface area contributed by atoms with Crippen LogP contribution in [0.1, 0.15) is 53.8 Å². The van der Waals surface area contributed by atoms with Gasteiger partial charge in [0.25, 0.3) is 0 Å². The van der Waals surface area contributed by atoms with E-state index in [-0.39, 0.29) is 11.9 Å². The molecular weight excluding hydrogens is 316 g/mol. The Balaban J connectivity index is 1.79. The predicted octanol–water partition coefficient (Wildman–Crippen LogP) is 1.58. The van der Waals surface area contributed by atoms with Crippen molar-refractivity contribution in [2.24, 2.45) is 12.8 Å². The van der Waals surface area contributed by atoms with E-state index in [1.807, 2.05) is 24.7 Å². The fourth-order valence-electron chi connectivity index (χ4n) is 3.58. The number of nitrogens with two attached hydrogens (primary N) is 1. The van der Waals surface area contributed by atoms with Gasteiger partial charge in [0, 0.05) is 37.5 Å². The molecule has 0 radical (unpaired) electrons. The number of nitrogens with zero attached hydrogens (tertiary/aromatic N) is 5. The van der Waals surface area contributed by atoms with Crippen molar-refractivity contribution in [1.82, 2.24) is 24.6 Å². The lowest BCUT2D eigenvalue weighted by Gasteiger charge is -2.24. The van der Waals surface area contributed by atoms with Gasteiger partial charge in [0.1, 0.15) is 5.82 Å². The molecule has 1 amide bonds. The van der Waals surface area contributed by atoms with E-state index in [2.05, 4.69) is 33.1 Å². The average molecular weight is 342 g/mol. The molecular formula is C18H26N6O. The van der Waals surface area contributed by atoms with E-state index in [1.165, 1.54) is 5.56 Å². The summed E-state index contributed by atoms with van der Waals surface area (Å²) in [6.07, 6.45) is 5.22. The van der Waals surface area contributed by atoms with Crippen molar-refractivity contribution in [3.8, 4) is 0 Å². The molecule has 2 N–H and O–H groups in total. The maximum Gasteiger partial charge on any atom is 0.217 e. The van der Waals surface area contributed by atoms with Gasteiger partial charge in [-0.3, -0.25) is 14.4 Å². The monoisotopic (exact) mass is 342 g/mol. The molecule has 2 aromatic rings. The lowest BCUT2D eigenvalue weighted by molar-refractivity contribution is -0.118. The molecule has 0 bridgehead atoms. The molecule has 7 nitrogen and oxygen atoms in total. The van der Waals surface area contributed by atoms with E-state index in [0.29, 0.717) is 12.8 Å². The van der Waals surface area contributed by atoms with Crippen LogP contribution < -0.4 is 5.73 Å². The van der Waals surface area contributed by atoms with Gasteiger partial charge >= 0.3 is 0 Å². The average Bonchev–Trinajstić information content (AvgIpc) is 3.11. The third-order valence-electron chi connectivity index (χ3n) is 4.73. The van der Waals surface area contributed by atoms with Crippen molar-refractivity contribution in [2.75, 3.05) is 6.54 Å². The normalized spacial score (nSPS) is 18.0. The number of aryl methyl sites for hydroxylation is 4. The highest BCUT2D eigenvalue weighted by atomic mass is 16.1. The maximum absolute atomic E-state index is 11.1. The molecule has 1 atom stereocenters. The Morgan fingerprint density at radius 3 is 2.84 bits per heavy atom. The second kappa shape index (κ2) is 7.31. The van der Waals surface area contributed by atoms with Gasteiger partial charge in [-0.2, -0.15) is 5.10 Å². The van der Waals surface area contributed by atoms with Crippen LogP contribution in [0.4, 0.5) is 0 Å². The van der Waals surface area contributed by atoms with Crippen LogP contribution in [0.2, 0.25) is 0 Å². The van der Waals surface area contributed by atoms with Crippen molar-refractivity contribution in [1.29, 1.82) is 0 Å². The zero-order valence-corrected chi connectivity index (χ0v) is 15.2. The molecule has 1 fully saturated rings. The lowest BCUT2D eigenvalue weighted by atomic mass is 10.1. The number of aromatic nitrogens is 4. The van der Waals surface area contributed by atoms with Gasteiger partial charge in [-0.1, -0.05) is 0 Å². The van der Waals surface area contributed by atoms with Crippen molar-refractivity contribution in [3.63, 3.8) is 0 Å². The number of amides is 1. The predicted molar refractivity (Wildman–Crippen MR) is 94.6 cm³/mol. The van der Waals surface area contributed by atoms with Crippen LogP contribution in [0.3, 0.4) is 0 Å². The van der Waals surface area contributed by atoms with E-state index < -0.39 is 0 Å². The van der Waals surface area contributed by atoms with Gasteiger partial charge in [-0.05, 0) is 45.7 Å². The number of rotatable bonds is 6. The third kappa shape index (κ3) is 4.22. The smallest absolute Gasteiger partial charge is 0.217 e. The Bertz CT molecular complexity index is 769. The van der Waals surface area contributed by atoms with E-state index in [0.717, 1.165) is 48.8 Å². The first kappa shape index (κ1) is 17.5. The van der Waals surface area contributed by atoms with Gasteiger partial charge in [0.05, 0.1) is 17.4 Å². The molecule has 7 heteroatoms. The highest BCUT2D eigenvalue weighted by Gasteiger charge is 2.28. The molecule has 25 heavy (non-hydrogen) atoms. The fraction of sp³-hybridized carbons (Fsp3) is 0.556. The summed E-state index contributed by atoms with van der Waals surface area (Å²) in [5, 5.41) is 4.44. The van der Waals surface area contributed by atoms with Crippen molar-refractivity contribution < 1.29 is 4.79 Å². The van der Waals surface area contributed by atoms with Crippen molar-refractivity contribution >= 4 is 5.91 Å². The first-order valence-electron chi connectivity index (χ1n) is 8.78. The zero-order valence-electron chi connectivity index (χ0n) is 15.2. The summed E-state index contributed by atoms with van der Waals surface area (Å²) in [7, 11) is 1.96. The molecule has 1 unspecified atom stereocenters. The van der Waals surface area contributed by atoms with Crippen LogP contribution >= 0.6 is 0 Å². The second-order valence-electron chi connectivity index (χ2n) is 6.84. The lowest BCUT2D eigenvalue weighted by Crippen LogP contribution is -2.24. The standard InChI is InChI=1S/C18H26N6O/c1-12-14(10-23(3)22-12)11-24-8-4-5-17(24)16-9-15(6-7-18(19)25)20-13(2)21-16/h9-10,17H,4-8,11H2,1-3H3,(H2,19,25). The van der Waals surface area contributed by atoms with E-state index in [9.17, 15) is 4.79 Å². The molecule has 134 valence electrons. The van der Waals surface area contributed by atoms with Crippen LogP contribution in [-0.4, -0.2) is 37.1 Å². The van der Waals surface area contributed by atoms with Gasteiger partial charge in [0.2, 0.25) is 5.91 Å². The Morgan fingerprint density at radius 2 is 2.16 bits per heavy atom. The van der Waals surface area contributed by atoms with E-state index in [4.69, 9.17) is 5.73 Å². The second-order valence-corrected chi connectivity index (χ2v) is 6.84. The Labute approximate surface area is 148 Å². The number of hydrogen-bond donors (Lipinski definition) is 1. The van der Waals surface area contributed by atoms with Gasteiger partial charge < -0.3 is 5.73 Å². The summed E-state index contributed by atoms with van der Waals surface area (Å²) < 4.78 is 1.87. The molecule has 3 rings (SSSR count). The summed E-state index contributed by atoms with van der Waals surface area (Å²) in [5.74, 6) is 0.453. The number of primary amides is 1. The molecule has 0 spiro atoms. The van der Waals surface area contributed by atoms with Crippen molar-refractivity contribution in [3.05, 3.63) is 40.7 Å². The summed E-state index contributed by atoms with van der Waals surface area (Å²) in [4.78, 5) is 22.6. The third-order valence-corrected chi connectivity index (χ3v) is 4.73. The minimum Gasteiger partial charge on any atom is -0.370 e. The Morgan fingerprint density at radius 1 is 1.36 bits per heavy atom. The van der Waals surface area contributed by atoms with Gasteiger partial charge in [-0.15, -0.1) is 0 Å². The summed E-state index contributed by atoms with van der Waals surface area (Å²) in [6, 6.07) is 2.32. The number of carbonyl (C=O) groups is 1. The number of carbonyl (C=O) groups excluding carboxylic acids is 1. The zero-order chi connectivity index (χ0) is 18.0. The van der Waals surface area contributed by atoms with Gasteiger partial charge in [0.15, 0.2) is 0 Å². The Kier molecular flexibility index (Phi) is 5.13. The fourth-order valence-corrected chi connectivity index (χ4v) is 3.58. The first-order chi connectivity index (χ1) is 11.9. The molecule has 0 aromatic carbocycles. The molecule has 1 saturated heterocycles. The highest BCUT2D eigenvalue weighted by molar-refractivity contribution is 5.73. The van der Waals surface area contributed by atoms with Gasteiger partial charge in [-0.25, -0.2) is 9.97 Å². The molecule has 0 saturated carbocycles.